The van der Waals surface area contributed by atoms with Gasteiger partial charge in [-0.2, -0.15) is 0 Å². The van der Waals surface area contributed by atoms with Gasteiger partial charge in [-0.05, 0) is 71.5 Å². The van der Waals surface area contributed by atoms with Crippen LogP contribution in [0.25, 0.3) is 0 Å². The Morgan fingerprint density at radius 1 is 0.797 bits per heavy atom. The zero-order chi connectivity index (χ0) is 48.1. The quantitative estimate of drug-likeness (QED) is 0.0576. The first-order chi connectivity index (χ1) is 33.7. The van der Waals surface area contributed by atoms with Crippen LogP contribution in [0.3, 0.4) is 0 Å². The van der Waals surface area contributed by atoms with E-state index in [0.29, 0.717) is 48.2 Å². The molecule has 4 heterocycles. The number of anilines is 1. The molecule has 1 spiro atoms. The molecule has 0 saturated carbocycles. The van der Waals surface area contributed by atoms with Gasteiger partial charge in [0, 0.05) is 42.8 Å². The molecule has 9 rings (SSSR count). The van der Waals surface area contributed by atoms with Crippen molar-refractivity contribution in [3.8, 4) is 17.6 Å². The van der Waals surface area contributed by atoms with Crippen LogP contribution in [0.5, 0.6) is 5.75 Å². The number of aliphatic hydroxyl groups excluding tert-OH is 2. The zero-order valence-corrected chi connectivity index (χ0v) is 37.9. The average molecular weight is 933 g/mol. The van der Waals surface area contributed by atoms with Gasteiger partial charge in [0.2, 0.25) is 11.8 Å². The maximum Gasteiger partial charge on any atom is 0.421 e. The van der Waals surface area contributed by atoms with E-state index < -0.39 is 64.4 Å². The molecule has 15 nitrogen and oxygen atoms in total. The van der Waals surface area contributed by atoms with Gasteiger partial charge in [-0.25, -0.2) is 9.69 Å². The van der Waals surface area contributed by atoms with E-state index in [9.17, 15) is 25.1 Å². The number of cyclic esters (lactones) is 1. The number of carbonyl (C=O) groups excluding carboxylic acids is 4. The predicted octanol–water partition coefficient (Wildman–Crippen LogP) is 7.49. The SMILES string of the molecule is O=C1O[C@@H](c2ccccc2)[C@@H](c2ccccc2)N2[C@@H](c3ccccc3OCCO)[C@]3(C(=O)N(C(=O)OCc4ccc([N+](=O)[O-])cc4)c4ccc(C#CCCO)cc43)[C@@H](C(=O)N3CCCCCCC3)[C@H]12. The number of benzene rings is 5. The molecule has 3 saturated heterocycles. The van der Waals surface area contributed by atoms with Gasteiger partial charge in [0.05, 0.1) is 41.8 Å². The van der Waals surface area contributed by atoms with Gasteiger partial charge in [-0.3, -0.25) is 29.4 Å². The molecule has 0 bridgehead atoms. The van der Waals surface area contributed by atoms with Gasteiger partial charge in [0.1, 0.15) is 36.5 Å². The number of nitrogens with zero attached hydrogens (tertiary/aromatic N) is 4. The van der Waals surface area contributed by atoms with Crippen LogP contribution in [0.2, 0.25) is 0 Å². The Morgan fingerprint density at radius 3 is 2.14 bits per heavy atom. The Morgan fingerprint density at radius 2 is 1.46 bits per heavy atom. The second-order valence-corrected chi connectivity index (χ2v) is 17.6. The number of para-hydroxylation sites is 1. The van der Waals surface area contributed by atoms with Crippen molar-refractivity contribution < 1.29 is 48.5 Å². The minimum atomic E-state index is -2.10. The van der Waals surface area contributed by atoms with Crippen molar-refractivity contribution in [2.24, 2.45) is 5.92 Å². The number of rotatable bonds is 11. The molecule has 0 unspecified atom stereocenters. The third kappa shape index (κ3) is 8.71. The van der Waals surface area contributed by atoms with Crippen molar-refractivity contribution in [1.82, 2.24) is 9.80 Å². The van der Waals surface area contributed by atoms with Crippen LogP contribution < -0.4 is 9.64 Å². The number of fused-ring (bicyclic) bond motifs is 3. The van der Waals surface area contributed by atoms with E-state index in [1.807, 2.05) is 65.6 Å². The third-order valence-corrected chi connectivity index (χ3v) is 13.6. The summed E-state index contributed by atoms with van der Waals surface area (Å²) in [6.07, 6.45) is 2.30. The number of likely N-dealkylation sites (tertiary alicyclic amines) is 1. The number of esters is 1. The van der Waals surface area contributed by atoms with Crippen LogP contribution in [0.1, 0.15) is 90.1 Å². The molecule has 5 aromatic rings. The first-order valence-corrected chi connectivity index (χ1v) is 23.4. The van der Waals surface area contributed by atoms with Crippen LogP contribution in [0.4, 0.5) is 16.2 Å². The summed E-state index contributed by atoms with van der Waals surface area (Å²) in [5.41, 5.74) is 0.749. The Hall–Kier alpha value is -7.38. The van der Waals surface area contributed by atoms with Crippen LogP contribution in [0, 0.1) is 27.9 Å². The molecule has 15 heteroatoms. The summed E-state index contributed by atoms with van der Waals surface area (Å²) in [5, 5.41) is 31.2. The summed E-state index contributed by atoms with van der Waals surface area (Å²) in [7, 11) is 0. The lowest BCUT2D eigenvalue weighted by Crippen LogP contribution is -2.56. The number of morpholine rings is 1. The van der Waals surface area contributed by atoms with Gasteiger partial charge < -0.3 is 29.3 Å². The summed E-state index contributed by atoms with van der Waals surface area (Å²) in [5.74, 6) is 2.81. The minimum absolute atomic E-state index is 0.106. The fourth-order valence-electron chi connectivity index (χ4n) is 10.7. The normalized spacial score (nSPS) is 23.2. The highest BCUT2D eigenvalue weighted by molar-refractivity contribution is 6.23. The van der Waals surface area contributed by atoms with E-state index in [1.54, 1.807) is 47.4 Å². The van der Waals surface area contributed by atoms with E-state index >= 15 is 14.4 Å². The molecule has 0 aliphatic carbocycles. The van der Waals surface area contributed by atoms with Crippen molar-refractivity contribution in [2.45, 2.75) is 74.8 Å². The number of nitro groups is 1. The van der Waals surface area contributed by atoms with E-state index in [4.69, 9.17) is 14.2 Å². The molecule has 4 aliphatic heterocycles. The summed E-state index contributed by atoms with van der Waals surface area (Å²) in [6, 6.07) is 32.7. The van der Waals surface area contributed by atoms with Crippen LogP contribution in [-0.2, 0) is 35.9 Å². The van der Waals surface area contributed by atoms with Crippen molar-refractivity contribution in [1.29, 1.82) is 0 Å². The van der Waals surface area contributed by atoms with Crippen LogP contribution in [0.15, 0.2) is 127 Å². The largest absolute Gasteiger partial charge is 0.491 e. The van der Waals surface area contributed by atoms with Gasteiger partial charge in [0.15, 0.2) is 0 Å². The Labute approximate surface area is 399 Å². The number of non-ortho nitro benzene ring substituents is 1. The number of hydrogen-bond donors (Lipinski definition) is 2. The van der Waals surface area contributed by atoms with E-state index in [2.05, 4.69) is 11.8 Å². The molecule has 6 atom stereocenters. The Balaban J connectivity index is 1.33. The molecule has 2 N–H and O–H groups in total. The molecule has 4 aliphatic rings. The highest BCUT2D eigenvalue weighted by atomic mass is 16.6. The molecule has 3 amide bonds. The first-order valence-electron chi connectivity index (χ1n) is 23.4. The molecule has 0 aromatic heterocycles. The summed E-state index contributed by atoms with van der Waals surface area (Å²) >= 11 is 0. The lowest BCUT2D eigenvalue weighted by molar-refractivity contribution is -0.384. The number of nitro benzene ring substituents is 1. The highest BCUT2D eigenvalue weighted by Crippen LogP contribution is 2.67. The predicted molar refractivity (Wildman–Crippen MR) is 252 cm³/mol. The number of amides is 3. The molecule has 3 fully saturated rings. The maximum atomic E-state index is 16.7. The van der Waals surface area contributed by atoms with Crippen molar-refractivity contribution in [3.63, 3.8) is 0 Å². The monoisotopic (exact) mass is 932 g/mol. The Kier molecular flexibility index (Phi) is 13.9. The lowest BCUT2D eigenvalue weighted by atomic mass is 9.64. The lowest BCUT2D eigenvalue weighted by Gasteiger charge is -2.46. The number of hydrogen-bond acceptors (Lipinski definition) is 12. The second-order valence-electron chi connectivity index (χ2n) is 17.6. The van der Waals surface area contributed by atoms with Crippen molar-refractivity contribution in [3.05, 3.63) is 171 Å². The molecular formula is C54H52N4O11. The van der Waals surface area contributed by atoms with Crippen LogP contribution >= 0.6 is 0 Å². The van der Waals surface area contributed by atoms with Gasteiger partial charge in [-0.1, -0.05) is 110 Å². The van der Waals surface area contributed by atoms with Gasteiger partial charge in [-0.15, -0.1) is 0 Å². The summed E-state index contributed by atoms with van der Waals surface area (Å²) < 4.78 is 18.8. The van der Waals surface area contributed by atoms with E-state index in [-0.39, 0.29) is 55.5 Å². The van der Waals surface area contributed by atoms with E-state index in [0.717, 1.165) is 29.7 Å². The number of carbonyl (C=O) groups is 4. The molecule has 0 radical (unpaired) electrons. The maximum absolute atomic E-state index is 16.7. The third-order valence-electron chi connectivity index (χ3n) is 13.6. The summed E-state index contributed by atoms with van der Waals surface area (Å²) in [6.45, 7) is -0.275. The average Bonchev–Trinajstić information content (AvgIpc) is 3.81. The zero-order valence-electron chi connectivity index (χ0n) is 37.9. The molecule has 69 heavy (non-hydrogen) atoms. The minimum Gasteiger partial charge on any atom is -0.491 e. The first kappa shape index (κ1) is 46.7. The fraction of sp³-hybridized carbons (Fsp3) is 0.333. The Bertz CT molecular complexity index is 2770. The fourth-order valence-corrected chi connectivity index (χ4v) is 10.7. The van der Waals surface area contributed by atoms with Crippen LogP contribution in [-0.4, -0.2) is 87.8 Å². The topological polar surface area (TPSA) is 189 Å². The van der Waals surface area contributed by atoms with Gasteiger partial charge >= 0.3 is 12.1 Å². The summed E-state index contributed by atoms with van der Waals surface area (Å²) in [4.78, 5) is 78.8. The standard InChI is InChI=1S/C54H52N4O11/c59-31-15-12-16-36-25-28-43-42(34-36)54(52(63)56(43)53(64)68-35-37-23-26-40(27-24-37)58(65)66)45(50(61)55-29-13-2-1-3-14-30-55)47-51(62)69-48(39-19-8-5-9-20-39)46(38-17-6-4-7-18-38)57(47)49(54)41-21-10-11-22-44(41)67-33-32-60/h4-11,17-28,34,45-49,59-60H,1-3,13-15,29-33,35H2/t45-,46-,47-,48+,49+,54-/m1/s1. The van der Waals surface area contributed by atoms with Crippen molar-refractivity contribution in [2.75, 3.05) is 37.8 Å². The second kappa shape index (κ2) is 20.5. The highest BCUT2D eigenvalue weighted by Gasteiger charge is 2.76. The number of aliphatic hydroxyl groups is 2. The number of imide groups is 1. The number of ether oxygens (including phenoxy) is 3. The van der Waals surface area contributed by atoms with Crippen molar-refractivity contribution >= 4 is 35.3 Å². The molecule has 354 valence electrons. The smallest absolute Gasteiger partial charge is 0.421 e. The molecular weight excluding hydrogens is 881 g/mol. The molecule has 5 aromatic carbocycles. The van der Waals surface area contributed by atoms with Gasteiger partial charge in [0.25, 0.3) is 5.69 Å². The van der Waals surface area contributed by atoms with E-state index in [1.165, 1.54) is 24.3 Å².